The zero-order chi connectivity index (χ0) is 18.2. The Bertz CT molecular complexity index is 531. The fraction of sp³-hybridized carbons (Fsp3) is 0.684. The number of carbonyl (C=O) groups excluding carboxylic acids is 1. The van der Waals surface area contributed by atoms with Crippen molar-refractivity contribution in [1.29, 1.82) is 0 Å². The number of amides is 1. The predicted octanol–water partition coefficient (Wildman–Crippen LogP) is 4.35. The maximum absolute atomic E-state index is 12.7. The molecule has 1 rings (SSSR count). The van der Waals surface area contributed by atoms with Crippen LogP contribution in [0.1, 0.15) is 59.4 Å². The number of nitrogens with one attached hydrogen (secondary N) is 1. The lowest BCUT2D eigenvalue weighted by Crippen LogP contribution is -2.44. The largest absolute Gasteiger partial charge is 0.477 e. The lowest BCUT2D eigenvalue weighted by molar-refractivity contribution is -0.141. The molecular weight excluding hydrogens is 304 g/mol. The predicted molar refractivity (Wildman–Crippen MR) is 97.5 cm³/mol. The van der Waals surface area contributed by atoms with Gasteiger partial charge in [0, 0.05) is 12.2 Å². The molecule has 1 aromatic rings. The van der Waals surface area contributed by atoms with Gasteiger partial charge in [-0.3, -0.25) is 4.79 Å². The first-order chi connectivity index (χ1) is 11.3. The molecule has 1 aromatic heterocycles. The maximum atomic E-state index is 12.7. The summed E-state index contributed by atoms with van der Waals surface area (Å²) < 4.78 is 11.4. The molecule has 1 N–H and O–H groups in total. The molecule has 0 aliphatic rings. The Kier molecular flexibility index (Phi) is 8.19. The number of hydrogen-bond acceptors (Lipinski definition) is 4. The molecule has 136 valence electrons. The van der Waals surface area contributed by atoms with Gasteiger partial charge in [-0.1, -0.05) is 27.7 Å². The van der Waals surface area contributed by atoms with Crippen LogP contribution in [0.3, 0.4) is 0 Å². The second kappa shape index (κ2) is 9.62. The first-order valence-electron chi connectivity index (χ1n) is 8.87. The third kappa shape index (κ3) is 6.11. The number of nitrogens with zero attached hydrogens (tertiary/aromatic N) is 1. The number of aryl methyl sites for hydroxylation is 1. The molecule has 24 heavy (non-hydrogen) atoms. The summed E-state index contributed by atoms with van der Waals surface area (Å²) in [6.07, 6.45) is 4.11. The average Bonchev–Trinajstić information content (AvgIpc) is 2.51. The summed E-state index contributed by atoms with van der Waals surface area (Å²) in [7, 11) is 0. The molecule has 5 nitrogen and oxygen atoms in total. The first-order valence-corrected chi connectivity index (χ1v) is 8.87. The Morgan fingerprint density at radius 3 is 2.50 bits per heavy atom. The Labute approximate surface area is 146 Å². The fourth-order valence-corrected chi connectivity index (χ4v) is 2.57. The van der Waals surface area contributed by atoms with Gasteiger partial charge in [-0.15, -0.1) is 0 Å². The van der Waals surface area contributed by atoms with E-state index in [0.29, 0.717) is 37.1 Å². The van der Waals surface area contributed by atoms with Gasteiger partial charge in [0.15, 0.2) is 0 Å². The molecule has 0 aromatic carbocycles. The van der Waals surface area contributed by atoms with Crippen molar-refractivity contribution >= 4 is 11.6 Å². The van der Waals surface area contributed by atoms with Gasteiger partial charge in [0.05, 0.1) is 18.5 Å². The zero-order valence-electron chi connectivity index (χ0n) is 15.9. The van der Waals surface area contributed by atoms with E-state index < -0.39 is 5.60 Å². The summed E-state index contributed by atoms with van der Waals surface area (Å²) in [6, 6.07) is 1.88. The van der Waals surface area contributed by atoms with Gasteiger partial charge < -0.3 is 14.8 Å². The van der Waals surface area contributed by atoms with Crippen LogP contribution in [-0.4, -0.2) is 29.7 Å². The Balaban J connectivity index is 2.84. The van der Waals surface area contributed by atoms with E-state index in [9.17, 15) is 4.79 Å². The summed E-state index contributed by atoms with van der Waals surface area (Å²) in [5.74, 6) is 0.845. The molecule has 0 saturated heterocycles. The number of ether oxygens (including phenoxy) is 2. The zero-order valence-corrected chi connectivity index (χ0v) is 15.9. The van der Waals surface area contributed by atoms with Gasteiger partial charge in [0.1, 0.15) is 5.60 Å². The molecule has 0 aliphatic heterocycles. The highest BCUT2D eigenvalue weighted by atomic mass is 16.5. The van der Waals surface area contributed by atoms with Gasteiger partial charge in [-0.05, 0) is 45.1 Å². The van der Waals surface area contributed by atoms with Crippen LogP contribution in [0.2, 0.25) is 0 Å². The second-order valence-electron chi connectivity index (χ2n) is 6.83. The van der Waals surface area contributed by atoms with E-state index in [2.05, 4.69) is 31.1 Å². The summed E-state index contributed by atoms with van der Waals surface area (Å²) in [5.41, 5.74) is 0.729. The number of rotatable bonds is 10. The molecule has 0 aliphatic carbocycles. The van der Waals surface area contributed by atoms with E-state index in [1.54, 1.807) is 6.20 Å². The van der Waals surface area contributed by atoms with E-state index in [4.69, 9.17) is 9.47 Å². The van der Waals surface area contributed by atoms with Crippen molar-refractivity contribution in [2.75, 3.05) is 18.5 Å². The van der Waals surface area contributed by atoms with Gasteiger partial charge >= 0.3 is 0 Å². The van der Waals surface area contributed by atoms with Crippen LogP contribution in [0.4, 0.5) is 5.69 Å². The molecule has 0 unspecified atom stereocenters. The van der Waals surface area contributed by atoms with Crippen molar-refractivity contribution in [3.05, 3.63) is 17.8 Å². The molecule has 0 saturated carbocycles. The second-order valence-corrected chi connectivity index (χ2v) is 6.83. The molecule has 0 radical (unpaired) electrons. The van der Waals surface area contributed by atoms with Crippen molar-refractivity contribution in [1.82, 2.24) is 4.98 Å². The summed E-state index contributed by atoms with van der Waals surface area (Å²) in [6.45, 7) is 13.3. The SMILES string of the molecule is CCCOc1ncc(NC(=O)[C@@](C)(CC(C)C)OCCC)cc1C. The van der Waals surface area contributed by atoms with Crippen LogP contribution < -0.4 is 10.1 Å². The van der Waals surface area contributed by atoms with Gasteiger partial charge in [0.25, 0.3) is 5.91 Å². The van der Waals surface area contributed by atoms with Crippen LogP contribution >= 0.6 is 0 Å². The Morgan fingerprint density at radius 1 is 1.29 bits per heavy atom. The number of aromatic nitrogens is 1. The lowest BCUT2D eigenvalue weighted by Gasteiger charge is -2.30. The van der Waals surface area contributed by atoms with Crippen molar-refractivity contribution in [3.8, 4) is 5.88 Å². The molecule has 0 spiro atoms. The number of carbonyl (C=O) groups is 1. The minimum absolute atomic E-state index is 0.131. The van der Waals surface area contributed by atoms with E-state index >= 15 is 0 Å². The average molecular weight is 336 g/mol. The standard InChI is InChI=1S/C19H32N2O3/c1-7-9-23-17-15(5)11-16(13-20-17)21-18(22)19(6,12-14(3)4)24-10-8-2/h11,13-14H,7-10,12H2,1-6H3,(H,21,22)/t19-/m1/s1. The molecule has 1 amide bonds. The Morgan fingerprint density at radius 2 is 1.96 bits per heavy atom. The molecule has 1 heterocycles. The van der Waals surface area contributed by atoms with Crippen molar-refractivity contribution < 1.29 is 14.3 Å². The third-order valence-corrected chi connectivity index (χ3v) is 3.63. The monoisotopic (exact) mass is 336 g/mol. The van der Waals surface area contributed by atoms with Gasteiger partial charge in [-0.25, -0.2) is 4.98 Å². The lowest BCUT2D eigenvalue weighted by atomic mass is 9.93. The van der Waals surface area contributed by atoms with Crippen molar-refractivity contribution in [2.45, 2.75) is 66.4 Å². The highest BCUT2D eigenvalue weighted by Gasteiger charge is 2.35. The number of anilines is 1. The quantitative estimate of drug-likeness (QED) is 0.690. The smallest absolute Gasteiger partial charge is 0.256 e. The van der Waals surface area contributed by atoms with E-state index in [1.807, 2.05) is 26.8 Å². The summed E-state index contributed by atoms with van der Waals surface area (Å²) in [5, 5.41) is 2.94. The van der Waals surface area contributed by atoms with Crippen LogP contribution in [0, 0.1) is 12.8 Å². The van der Waals surface area contributed by atoms with Crippen LogP contribution in [0.15, 0.2) is 12.3 Å². The third-order valence-electron chi connectivity index (χ3n) is 3.63. The van der Waals surface area contributed by atoms with Gasteiger partial charge in [-0.2, -0.15) is 0 Å². The summed E-state index contributed by atoms with van der Waals surface area (Å²) >= 11 is 0. The number of hydrogen-bond donors (Lipinski definition) is 1. The van der Waals surface area contributed by atoms with Crippen molar-refractivity contribution in [3.63, 3.8) is 0 Å². The normalized spacial score (nSPS) is 13.6. The summed E-state index contributed by atoms with van der Waals surface area (Å²) in [4.78, 5) is 17.0. The molecule has 0 fully saturated rings. The van der Waals surface area contributed by atoms with Crippen LogP contribution in [0.5, 0.6) is 5.88 Å². The van der Waals surface area contributed by atoms with Crippen molar-refractivity contribution in [2.24, 2.45) is 5.92 Å². The molecule has 5 heteroatoms. The maximum Gasteiger partial charge on any atom is 0.256 e. The van der Waals surface area contributed by atoms with E-state index in [0.717, 1.165) is 18.4 Å². The van der Waals surface area contributed by atoms with Gasteiger partial charge in [0.2, 0.25) is 5.88 Å². The van der Waals surface area contributed by atoms with Crippen LogP contribution in [-0.2, 0) is 9.53 Å². The van der Waals surface area contributed by atoms with E-state index in [-0.39, 0.29) is 5.91 Å². The minimum Gasteiger partial charge on any atom is -0.477 e. The first kappa shape index (κ1) is 20.4. The topological polar surface area (TPSA) is 60.5 Å². The van der Waals surface area contributed by atoms with E-state index in [1.165, 1.54) is 0 Å². The fourth-order valence-electron chi connectivity index (χ4n) is 2.57. The molecular formula is C19H32N2O3. The molecule has 1 atom stereocenters. The molecule has 0 bridgehead atoms. The van der Waals surface area contributed by atoms with Crippen LogP contribution in [0.25, 0.3) is 0 Å². The minimum atomic E-state index is -0.838. The number of pyridine rings is 1. The Hall–Kier alpha value is -1.62. The highest BCUT2D eigenvalue weighted by molar-refractivity contribution is 5.97. The highest BCUT2D eigenvalue weighted by Crippen LogP contribution is 2.25.